The summed E-state index contributed by atoms with van der Waals surface area (Å²) in [5.41, 5.74) is -0.0406. The number of amides is 3. The van der Waals surface area contributed by atoms with Crippen LogP contribution < -0.4 is 10.9 Å². The van der Waals surface area contributed by atoms with E-state index in [2.05, 4.69) is 5.32 Å². The Hall–Kier alpha value is -3.55. The summed E-state index contributed by atoms with van der Waals surface area (Å²) in [6, 6.07) is 6.70. The van der Waals surface area contributed by atoms with E-state index in [-0.39, 0.29) is 12.1 Å². The maximum absolute atomic E-state index is 14.3. The Bertz CT molecular complexity index is 1280. The molecule has 4 rings (SSSR count). The summed E-state index contributed by atoms with van der Waals surface area (Å²) >= 11 is 0. The first-order valence-corrected chi connectivity index (χ1v) is 9.24. The van der Waals surface area contributed by atoms with Gasteiger partial charge in [0.25, 0.3) is 5.91 Å². The molecule has 1 atom stereocenters. The van der Waals surface area contributed by atoms with Gasteiger partial charge in [0, 0.05) is 17.0 Å². The van der Waals surface area contributed by atoms with Crippen molar-refractivity contribution >= 4 is 22.9 Å². The van der Waals surface area contributed by atoms with Crippen LogP contribution in [0, 0.1) is 25.5 Å². The fourth-order valence-corrected chi connectivity index (χ4v) is 3.69. The first-order chi connectivity index (χ1) is 14.1. The zero-order chi connectivity index (χ0) is 21.8. The molecular formula is C22H18F2N2O4. The zero-order valence-corrected chi connectivity index (χ0v) is 16.5. The summed E-state index contributed by atoms with van der Waals surface area (Å²) < 4.78 is 33.2. The quantitative estimate of drug-likeness (QED) is 0.526. The first-order valence-electron chi connectivity index (χ1n) is 9.24. The van der Waals surface area contributed by atoms with Gasteiger partial charge in [0.05, 0.1) is 6.54 Å². The molecule has 1 aliphatic rings. The highest BCUT2D eigenvalue weighted by Gasteiger charge is 2.50. The van der Waals surface area contributed by atoms with Crippen molar-refractivity contribution in [2.45, 2.75) is 32.9 Å². The van der Waals surface area contributed by atoms with Crippen molar-refractivity contribution in [3.05, 3.63) is 80.7 Å². The summed E-state index contributed by atoms with van der Waals surface area (Å²) in [6.45, 7) is 4.86. The van der Waals surface area contributed by atoms with Crippen LogP contribution in [0.5, 0.6) is 0 Å². The lowest BCUT2D eigenvalue weighted by molar-refractivity contribution is -0.131. The van der Waals surface area contributed by atoms with Crippen LogP contribution in [-0.4, -0.2) is 16.8 Å². The molecular weight excluding hydrogens is 394 g/mol. The number of halogens is 2. The second-order valence-electron chi connectivity index (χ2n) is 7.59. The average Bonchev–Trinajstić information content (AvgIpc) is 2.89. The van der Waals surface area contributed by atoms with Gasteiger partial charge in [-0.3, -0.25) is 9.69 Å². The number of nitrogens with one attached hydrogen (secondary N) is 1. The molecule has 0 radical (unpaired) electrons. The number of hydrogen-bond acceptors (Lipinski definition) is 4. The lowest BCUT2D eigenvalue weighted by Crippen LogP contribution is -2.41. The van der Waals surface area contributed by atoms with E-state index in [4.69, 9.17) is 4.42 Å². The van der Waals surface area contributed by atoms with E-state index < -0.39 is 34.7 Å². The smallest absolute Gasteiger partial charge is 0.336 e. The number of fused-ring (bicyclic) bond motifs is 1. The van der Waals surface area contributed by atoms with Crippen molar-refractivity contribution in [1.29, 1.82) is 0 Å². The average molecular weight is 412 g/mol. The Labute approximate surface area is 170 Å². The zero-order valence-electron chi connectivity index (χ0n) is 16.5. The molecule has 0 saturated carbocycles. The van der Waals surface area contributed by atoms with Crippen molar-refractivity contribution in [3.8, 4) is 0 Å². The highest BCUT2D eigenvalue weighted by Crippen LogP contribution is 2.33. The molecule has 0 aliphatic carbocycles. The van der Waals surface area contributed by atoms with E-state index in [1.54, 1.807) is 6.07 Å². The Morgan fingerprint density at radius 3 is 2.47 bits per heavy atom. The number of hydrogen-bond donors (Lipinski definition) is 1. The molecule has 3 aromatic rings. The standard InChI is InChI=1S/C22H18F2N2O4/c1-11-6-15-13(8-19(27)30-18(15)7-12(11)2)10-26-20(28)22(3,25-21(26)29)16-9-14(23)4-5-17(16)24/h4-9H,10H2,1-3H3,(H,25,29). The van der Waals surface area contributed by atoms with Crippen LogP contribution in [0.4, 0.5) is 13.6 Å². The van der Waals surface area contributed by atoms with Gasteiger partial charge in [-0.05, 0) is 67.8 Å². The molecule has 154 valence electrons. The number of benzene rings is 2. The minimum Gasteiger partial charge on any atom is -0.423 e. The summed E-state index contributed by atoms with van der Waals surface area (Å²) in [6.07, 6.45) is 0. The Morgan fingerprint density at radius 1 is 1.03 bits per heavy atom. The van der Waals surface area contributed by atoms with Gasteiger partial charge in [-0.15, -0.1) is 0 Å². The first kappa shape index (κ1) is 19.8. The molecule has 2 heterocycles. The highest BCUT2D eigenvalue weighted by atomic mass is 19.1. The molecule has 2 aromatic carbocycles. The maximum atomic E-state index is 14.3. The lowest BCUT2D eigenvalue weighted by Gasteiger charge is -2.23. The number of carbonyl (C=O) groups excluding carboxylic acids is 2. The molecule has 1 saturated heterocycles. The van der Waals surface area contributed by atoms with Crippen LogP contribution in [-0.2, 0) is 16.9 Å². The van der Waals surface area contributed by atoms with E-state index >= 15 is 0 Å². The molecule has 30 heavy (non-hydrogen) atoms. The third-order valence-electron chi connectivity index (χ3n) is 5.52. The van der Waals surface area contributed by atoms with Crippen LogP contribution in [0.15, 0.2) is 45.6 Å². The molecule has 1 fully saturated rings. The molecule has 0 bridgehead atoms. The molecule has 3 amide bonds. The van der Waals surface area contributed by atoms with Crippen LogP contribution >= 0.6 is 0 Å². The number of imide groups is 1. The van der Waals surface area contributed by atoms with Gasteiger partial charge in [-0.1, -0.05) is 0 Å². The van der Waals surface area contributed by atoms with Gasteiger partial charge in [-0.2, -0.15) is 0 Å². The van der Waals surface area contributed by atoms with Crippen LogP contribution in [0.2, 0.25) is 0 Å². The number of rotatable bonds is 3. The van der Waals surface area contributed by atoms with E-state index in [0.29, 0.717) is 16.5 Å². The monoisotopic (exact) mass is 412 g/mol. The number of aryl methyl sites for hydroxylation is 2. The van der Waals surface area contributed by atoms with Gasteiger partial charge in [0.15, 0.2) is 0 Å². The van der Waals surface area contributed by atoms with Gasteiger partial charge in [0.2, 0.25) is 0 Å². The van der Waals surface area contributed by atoms with E-state index in [0.717, 1.165) is 34.2 Å². The predicted octanol–water partition coefficient (Wildman–Crippen LogP) is 3.66. The SMILES string of the molecule is Cc1cc2oc(=O)cc(CN3C(=O)NC(C)(c4cc(F)ccc4F)C3=O)c2cc1C. The largest absolute Gasteiger partial charge is 0.423 e. The Kier molecular flexibility index (Phi) is 4.45. The molecule has 1 unspecified atom stereocenters. The number of nitrogens with zero attached hydrogens (tertiary/aromatic N) is 1. The fourth-order valence-electron chi connectivity index (χ4n) is 3.69. The summed E-state index contributed by atoms with van der Waals surface area (Å²) in [7, 11) is 0. The summed E-state index contributed by atoms with van der Waals surface area (Å²) in [5.74, 6) is -2.29. The molecule has 8 heteroatoms. The Morgan fingerprint density at radius 2 is 1.73 bits per heavy atom. The normalized spacial score (nSPS) is 18.9. The van der Waals surface area contributed by atoms with Crippen molar-refractivity contribution in [2.75, 3.05) is 0 Å². The van der Waals surface area contributed by atoms with E-state index in [1.165, 1.54) is 13.0 Å². The molecule has 1 aromatic heterocycles. The molecule has 1 aliphatic heterocycles. The van der Waals surface area contributed by atoms with Gasteiger partial charge in [0.1, 0.15) is 22.8 Å². The Balaban J connectivity index is 1.77. The van der Waals surface area contributed by atoms with E-state index in [1.807, 2.05) is 19.9 Å². The van der Waals surface area contributed by atoms with Gasteiger partial charge in [-0.25, -0.2) is 18.4 Å². The third-order valence-corrected chi connectivity index (χ3v) is 5.52. The predicted molar refractivity (Wildman–Crippen MR) is 105 cm³/mol. The van der Waals surface area contributed by atoms with Crippen molar-refractivity contribution in [1.82, 2.24) is 10.2 Å². The van der Waals surface area contributed by atoms with Gasteiger partial charge < -0.3 is 9.73 Å². The van der Waals surface area contributed by atoms with Crippen molar-refractivity contribution in [2.24, 2.45) is 0 Å². The van der Waals surface area contributed by atoms with Crippen molar-refractivity contribution in [3.63, 3.8) is 0 Å². The highest BCUT2D eigenvalue weighted by molar-refractivity contribution is 6.07. The topological polar surface area (TPSA) is 79.6 Å². The van der Waals surface area contributed by atoms with E-state index in [9.17, 15) is 23.2 Å². The maximum Gasteiger partial charge on any atom is 0.336 e. The van der Waals surface area contributed by atoms with Crippen LogP contribution in [0.3, 0.4) is 0 Å². The van der Waals surface area contributed by atoms with Crippen LogP contribution in [0.1, 0.15) is 29.2 Å². The van der Waals surface area contributed by atoms with Gasteiger partial charge >= 0.3 is 11.7 Å². The second-order valence-corrected chi connectivity index (χ2v) is 7.59. The lowest BCUT2D eigenvalue weighted by atomic mass is 9.91. The molecule has 0 spiro atoms. The third kappa shape index (κ3) is 3.04. The van der Waals surface area contributed by atoms with Crippen molar-refractivity contribution < 1.29 is 22.8 Å². The second kappa shape index (κ2) is 6.76. The molecule has 6 nitrogen and oxygen atoms in total. The fraction of sp³-hybridized carbons (Fsp3) is 0.227. The minimum absolute atomic E-state index is 0.220. The number of urea groups is 1. The summed E-state index contributed by atoms with van der Waals surface area (Å²) in [5, 5.41) is 3.03. The summed E-state index contributed by atoms with van der Waals surface area (Å²) in [4.78, 5) is 38.6. The number of carbonyl (C=O) groups is 2. The minimum atomic E-state index is -1.77. The molecule has 1 N–H and O–H groups in total. The van der Waals surface area contributed by atoms with Crippen LogP contribution in [0.25, 0.3) is 11.0 Å².